The molecule has 16 heavy (non-hydrogen) atoms. The molecule has 1 aromatic carbocycles. The lowest BCUT2D eigenvalue weighted by molar-refractivity contribution is 0.515. The van der Waals surface area contributed by atoms with Crippen LogP contribution in [-0.2, 0) is 6.42 Å². The zero-order chi connectivity index (χ0) is 11.5. The zero-order valence-electron chi connectivity index (χ0n) is 8.47. The molecule has 0 aliphatic rings. The predicted octanol–water partition coefficient (Wildman–Crippen LogP) is 4.18. The van der Waals surface area contributed by atoms with E-state index >= 15 is 0 Å². The van der Waals surface area contributed by atoms with Gasteiger partial charge in [0.05, 0.1) is 5.02 Å². The third kappa shape index (κ3) is 2.47. The van der Waals surface area contributed by atoms with Crippen molar-refractivity contribution in [1.82, 2.24) is 4.98 Å². The van der Waals surface area contributed by atoms with Crippen molar-refractivity contribution in [3.8, 4) is 0 Å². The SMILES string of the molecule is Fc1cc2oc(CCCCCl)nc2cc1Cl. The molecule has 0 unspecified atom stereocenters. The highest BCUT2D eigenvalue weighted by molar-refractivity contribution is 6.31. The first-order chi connectivity index (χ1) is 7.70. The van der Waals surface area contributed by atoms with Gasteiger partial charge in [-0.2, -0.15) is 0 Å². The highest BCUT2D eigenvalue weighted by Gasteiger charge is 2.09. The molecule has 0 bridgehead atoms. The minimum Gasteiger partial charge on any atom is -0.441 e. The van der Waals surface area contributed by atoms with Crippen LogP contribution in [-0.4, -0.2) is 10.9 Å². The van der Waals surface area contributed by atoms with Gasteiger partial charge in [-0.15, -0.1) is 11.6 Å². The molecule has 0 N–H and O–H groups in total. The summed E-state index contributed by atoms with van der Waals surface area (Å²) >= 11 is 11.2. The monoisotopic (exact) mass is 261 g/mol. The van der Waals surface area contributed by atoms with E-state index in [1.54, 1.807) is 0 Å². The number of halogens is 3. The molecule has 5 heteroatoms. The normalized spacial score (nSPS) is 11.2. The number of unbranched alkanes of at least 4 members (excludes halogenated alkanes) is 1. The lowest BCUT2D eigenvalue weighted by Crippen LogP contribution is -1.85. The fourth-order valence-corrected chi connectivity index (χ4v) is 1.80. The summed E-state index contributed by atoms with van der Waals surface area (Å²) < 4.78 is 18.5. The van der Waals surface area contributed by atoms with E-state index in [2.05, 4.69) is 4.98 Å². The number of hydrogen-bond acceptors (Lipinski definition) is 2. The zero-order valence-corrected chi connectivity index (χ0v) is 9.98. The van der Waals surface area contributed by atoms with Gasteiger partial charge in [0.2, 0.25) is 0 Å². The van der Waals surface area contributed by atoms with Gasteiger partial charge in [-0.05, 0) is 18.9 Å². The lowest BCUT2D eigenvalue weighted by Gasteiger charge is -1.91. The number of benzene rings is 1. The summed E-state index contributed by atoms with van der Waals surface area (Å²) in [4.78, 5) is 4.23. The molecule has 0 spiro atoms. The molecule has 1 heterocycles. The second-order valence-electron chi connectivity index (χ2n) is 3.49. The summed E-state index contributed by atoms with van der Waals surface area (Å²) in [5.74, 6) is 0.736. The van der Waals surface area contributed by atoms with Gasteiger partial charge in [0.15, 0.2) is 11.5 Å². The van der Waals surface area contributed by atoms with Gasteiger partial charge in [0.25, 0.3) is 0 Å². The van der Waals surface area contributed by atoms with Crippen LogP contribution in [0, 0.1) is 5.82 Å². The van der Waals surface area contributed by atoms with Crippen molar-refractivity contribution in [1.29, 1.82) is 0 Å². The number of hydrogen-bond donors (Lipinski definition) is 0. The van der Waals surface area contributed by atoms with Crippen LogP contribution in [0.4, 0.5) is 4.39 Å². The Morgan fingerprint density at radius 2 is 2.12 bits per heavy atom. The van der Waals surface area contributed by atoms with E-state index in [0.717, 1.165) is 12.8 Å². The highest BCUT2D eigenvalue weighted by atomic mass is 35.5. The maximum absolute atomic E-state index is 13.1. The Labute approximate surface area is 102 Å². The third-order valence-corrected chi connectivity index (χ3v) is 2.81. The average molecular weight is 262 g/mol. The molecule has 2 nitrogen and oxygen atoms in total. The fraction of sp³-hybridized carbons (Fsp3) is 0.364. The maximum atomic E-state index is 13.1. The largest absolute Gasteiger partial charge is 0.441 e. The molecule has 0 aliphatic carbocycles. The quantitative estimate of drug-likeness (QED) is 0.610. The molecule has 0 aliphatic heterocycles. The number of nitrogens with zero attached hydrogens (tertiary/aromatic N) is 1. The fourth-order valence-electron chi connectivity index (χ4n) is 1.45. The van der Waals surface area contributed by atoms with Crippen molar-refractivity contribution in [2.75, 3.05) is 5.88 Å². The molecule has 0 radical (unpaired) electrons. The van der Waals surface area contributed by atoms with Crippen molar-refractivity contribution in [2.45, 2.75) is 19.3 Å². The number of aromatic nitrogens is 1. The molecule has 1 aromatic heterocycles. The minimum absolute atomic E-state index is 0.0631. The molecular weight excluding hydrogens is 252 g/mol. The van der Waals surface area contributed by atoms with Gasteiger partial charge in [-0.3, -0.25) is 0 Å². The van der Waals surface area contributed by atoms with Crippen molar-refractivity contribution in [3.05, 3.63) is 28.9 Å². The maximum Gasteiger partial charge on any atom is 0.195 e. The topological polar surface area (TPSA) is 26.0 Å². The van der Waals surface area contributed by atoms with Gasteiger partial charge in [0.1, 0.15) is 11.3 Å². The molecule has 0 saturated heterocycles. The van der Waals surface area contributed by atoms with E-state index in [4.69, 9.17) is 27.6 Å². The molecule has 2 rings (SSSR count). The van der Waals surface area contributed by atoms with Crippen LogP contribution in [0.2, 0.25) is 5.02 Å². The Kier molecular flexibility index (Phi) is 3.66. The Balaban J connectivity index is 2.23. The number of alkyl halides is 1. The molecule has 0 saturated carbocycles. The summed E-state index contributed by atoms with van der Waals surface area (Å²) in [5, 5.41) is 0.0631. The van der Waals surface area contributed by atoms with Crippen molar-refractivity contribution < 1.29 is 8.81 Å². The van der Waals surface area contributed by atoms with E-state index in [9.17, 15) is 4.39 Å². The van der Waals surface area contributed by atoms with Crippen LogP contribution < -0.4 is 0 Å². The van der Waals surface area contributed by atoms with E-state index in [1.807, 2.05) is 0 Å². The molecule has 0 atom stereocenters. The first-order valence-electron chi connectivity index (χ1n) is 5.01. The van der Waals surface area contributed by atoms with Crippen LogP contribution in [0.5, 0.6) is 0 Å². The second-order valence-corrected chi connectivity index (χ2v) is 4.27. The summed E-state index contributed by atoms with van der Waals surface area (Å²) in [5.41, 5.74) is 1.02. The van der Waals surface area contributed by atoms with Gasteiger partial charge in [0, 0.05) is 18.4 Å². The molecule has 0 amide bonds. The van der Waals surface area contributed by atoms with Crippen LogP contribution in [0.1, 0.15) is 18.7 Å². The number of aryl methyl sites for hydroxylation is 1. The lowest BCUT2D eigenvalue weighted by atomic mass is 10.2. The average Bonchev–Trinajstić information content (AvgIpc) is 2.61. The van der Waals surface area contributed by atoms with Gasteiger partial charge < -0.3 is 4.42 Å². The number of oxazole rings is 1. The second kappa shape index (κ2) is 5.02. The van der Waals surface area contributed by atoms with E-state index in [1.165, 1.54) is 12.1 Å². The molecule has 86 valence electrons. The minimum atomic E-state index is -0.488. The predicted molar refractivity (Wildman–Crippen MR) is 62.6 cm³/mol. The summed E-state index contributed by atoms with van der Waals surface area (Å²) in [6.07, 6.45) is 2.53. The van der Waals surface area contributed by atoms with Crippen molar-refractivity contribution >= 4 is 34.3 Å². The van der Waals surface area contributed by atoms with E-state index in [0.29, 0.717) is 29.3 Å². The highest BCUT2D eigenvalue weighted by Crippen LogP contribution is 2.23. The first kappa shape index (κ1) is 11.7. The van der Waals surface area contributed by atoms with Gasteiger partial charge in [-0.1, -0.05) is 11.6 Å². The Hall–Kier alpha value is -0.800. The first-order valence-corrected chi connectivity index (χ1v) is 5.92. The number of rotatable bonds is 4. The third-order valence-electron chi connectivity index (χ3n) is 2.25. The van der Waals surface area contributed by atoms with Crippen LogP contribution >= 0.6 is 23.2 Å². The smallest absolute Gasteiger partial charge is 0.195 e. The Bertz CT molecular complexity index is 459. The van der Waals surface area contributed by atoms with E-state index < -0.39 is 5.82 Å². The van der Waals surface area contributed by atoms with E-state index in [-0.39, 0.29) is 5.02 Å². The summed E-state index contributed by atoms with van der Waals surface area (Å²) in [6, 6.07) is 2.73. The number of fused-ring (bicyclic) bond motifs is 1. The van der Waals surface area contributed by atoms with Gasteiger partial charge in [-0.25, -0.2) is 9.37 Å². The molecule has 2 aromatic rings. The molecule has 0 fully saturated rings. The standard InChI is InChI=1S/C11H10Cl2FNO/c12-4-2-1-3-11-15-9-5-7(13)8(14)6-10(9)16-11/h5-6H,1-4H2. The van der Waals surface area contributed by atoms with Crippen LogP contribution in [0.3, 0.4) is 0 Å². The van der Waals surface area contributed by atoms with Gasteiger partial charge >= 0.3 is 0 Å². The summed E-state index contributed by atoms with van der Waals surface area (Å²) in [7, 11) is 0. The van der Waals surface area contributed by atoms with Crippen molar-refractivity contribution in [2.24, 2.45) is 0 Å². The van der Waals surface area contributed by atoms with Crippen LogP contribution in [0.15, 0.2) is 16.5 Å². The molecular formula is C11H10Cl2FNO. The Morgan fingerprint density at radius 3 is 2.88 bits per heavy atom. The summed E-state index contributed by atoms with van der Waals surface area (Å²) in [6.45, 7) is 0. The van der Waals surface area contributed by atoms with Crippen molar-refractivity contribution in [3.63, 3.8) is 0 Å². The Morgan fingerprint density at radius 1 is 1.31 bits per heavy atom. The van der Waals surface area contributed by atoms with Crippen LogP contribution in [0.25, 0.3) is 11.1 Å².